The van der Waals surface area contributed by atoms with E-state index < -0.39 is 0 Å². The summed E-state index contributed by atoms with van der Waals surface area (Å²) in [5, 5.41) is 4.44. The molecule has 0 spiro atoms. The van der Waals surface area contributed by atoms with Crippen LogP contribution in [0.2, 0.25) is 0 Å². The molecule has 1 aromatic rings. The third-order valence-corrected chi connectivity index (χ3v) is 3.08. The van der Waals surface area contributed by atoms with Gasteiger partial charge in [0.05, 0.1) is 24.4 Å². The molecule has 0 saturated heterocycles. The molecule has 0 bridgehead atoms. The highest BCUT2D eigenvalue weighted by atomic mass is 16.5. The van der Waals surface area contributed by atoms with E-state index in [1.165, 1.54) is 12.7 Å². The second-order valence-corrected chi connectivity index (χ2v) is 4.03. The first-order valence-electron chi connectivity index (χ1n) is 5.27. The first-order valence-corrected chi connectivity index (χ1v) is 5.27. The van der Waals surface area contributed by atoms with Crippen molar-refractivity contribution in [1.82, 2.24) is 9.78 Å². The molecule has 4 heteroatoms. The van der Waals surface area contributed by atoms with E-state index in [-0.39, 0.29) is 11.9 Å². The molecule has 0 fully saturated rings. The van der Waals surface area contributed by atoms with E-state index in [0.29, 0.717) is 0 Å². The number of hydrogen-bond donors (Lipinski definition) is 0. The zero-order valence-corrected chi connectivity index (χ0v) is 9.41. The summed E-state index contributed by atoms with van der Waals surface area (Å²) in [5.74, 6) is -0.401. The van der Waals surface area contributed by atoms with Gasteiger partial charge >= 0.3 is 5.97 Å². The highest BCUT2D eigenvalue weighted by molar-refractivity contribution is 5.77. The van der Waals surface area contributed by atoms with Gasteiger partial charge in [0.1, 0.15) is 0 Å². The minimum Gasteiger partial charge on any atom is -0.469 e. The lowest BCUT2D eigenvalue weighted by molar-refractivity contribution is -0.142. The smallest absolute Gasteiger partial charge is 0.314 e. The van der Waals surface area contributed by atoms with Crippen LogP contribution < -0.4 is 0 Å². The van der Waals surface area contributed by atoms with Gasteiger partial charge in [0.25, 0.3) is 0 Å². The maximum Gasteiger partial charge on any atom is 0.314 e. The number of aryl methyl sites for hydroxylation is 2. The summed E-state index contributed by atoms with van der Waals surface area (Å²) in [6, 6.07) is 0. The van der Waals surface area contributed by atoms with Gasteiger partial charge in [-0.15, -0.1) is 0 Å². The van der Waals surface area contributed by atoms with E-state index in [1.54, 1.807) is 0 Å². The van der Waals surface area contributed by atoms with Gasteiger partial charge in [0.15, 0.2) is 0 Å². The fraction of sp³-hybridized carbons (Fsp3) is 0.636. The Kier molecular flexibility index (Phi) is 2.50. The van der Waals surface area contributed by atoms with Crippen LogP contribution in [0.5, 0.6) is 0 Å². The lowest BCUT2D eigenvalue weighted by Crippen LogP contribution is -2.15. The lowest BCUT2D eigenvalue weighted by atomic mass is 10.0. The Morgan fingerprint density at radius 3 is 2.93 bits per heavy atom. The van der Waals surface area contributed by atoms with Gasteiger partial charge in [-0.2, -0.15) is 5.10 Å². The lowest BCUT2D eigenvalue weighted by Gasteiger charge is -2.11. The normalized spacial score (nSPS) is 16.2. The van der Waals surface area contributed by atoms with Crippen LogP contribution >= 0.6 is 0 Å². The zero-order chi connectivity index (χ0) is 11.0. The SMILES string of the molecule is COC(=O)C(C)c1c2c(nn1C)CCC2. The predicted molar refractivity (Wildman–Crippen MR) is 55.7 cm³/mol. The number of carbonyl (C=O) groups excluding carboxylic acids is 1. The van der Waals surface area contributed by atoms with Crippen molar-refractivity contribution in [3.8, 4) is 0 Å². The zero-order valence-electron chi connectivity index (χ0n) is 9.41. The summed E-state index contributed by atoms with van der Waals surface area (Å²) >= 11 is 0. The van der Waals surface area contributed by atoms with Crippen LogP contribution in [0, 0.1) is 0 Å². The van der Waals surface area contributed by atoms with Crippen molar-refractivity contribution in [3.63, 3.8) is 0 Å². The maximum atomic E-state index is 11.5. The van der Waals surface area contributed by atoms with Gasteiger partial charge in [0, 0.05) is 7.05 Å². The number of nitrogens with zero attached hydrogens (tertiary/aromatic N) is 2. The number of ether oxygens (including phenoxy) is 1. The average molecular weight is 208 g/mol. The van der Waals surface area contributed by atoms with Crippen LogP contribution in [-0.2, 0) is 29.4 Å². The fourth-order valence-corrected chi connectivity index (χ4v) is 2.37. The fourth-order valence-electron chi connectivity index (χ4n) is 2.37. The molecular weight excluding hydrogens is 192 g/mol. The summed E-state index contributed by atoms with van der Waals surface area (Å²) < 4.78 is 6.60. The molecule has 0 aromatic carbocycles. The van der Waals surface area contributed by atoms with Crippen LogP contribution in [0.25, 0.3) is 0 Å². The molecule has 15 heavy (non-hydrogen) atoms. The van der Waals surface area contributed by atoms with Crippen LogP contribution in [-0.4, -0.2) is 22.9 Å². The van der Waals surface area contributed by atoms with Crippen molar-refractivity contribution in [3.05, 3.63) is 17.0 Å². The summed E-state index contributed by atoms with van der Waals surface area (Å²) in [4.78, 5) is 11.5. The van der Waals surface area contributed by atoms with E-state index in [2.05, 4.69) is 5.10 Å². The molecule has 0 aliphatic heterocycles. The first-order chi connectivity index (χ1) is 7.15. The predicted octanol–water partition coefficient (Wildman–Crippen LogP) is 1.19. The van der Waals surface area contributed by atoms with Gasteiger partial charge < -0.3 is 4.74 Å². The number of carbonyl (C=O) groups is 1. The number of rotatable bonds is 2. The summed E-state index contributed by atoms with van der Waals surface area (Å²) in [6.07, 6.45) is 3.23. The molecule has 4 nitrogen and oxygen atoms in total. The van der Waals surface area contributed by atoms with E-state index in [0.717, 1.165) is 30.7 Å². The monoisotopic (exact) mass is 208 g/mol. The highest BCUT2D eigenvalue weighted by Gasteiger charge is 2.28. The van der Waals surface area contributed by atoms with E-state index in [1.807, 2.05) is 18.7 Å². The van der Waals surface area contributed by atoms with Gasteiger partial charge in [-0.25, -0.2) is 0 Å². The Bertz CT molecular complexity index is 396. The van der Waals surface area contributed by atoms with Gasteiger partial charge in [-0.3, -0.25) is 9.48 Å². The number of fused-ring (bicyclic) bond motifs is 1. The van der Waals surface area contributed by atoms with Gasteiger partial charge in [-0.05, 0) is 31.7 Å². The number of aromatic nitrogens is 2. The molecular formula is C11H16N2O2. The molecule has 82 valence electrons. The Balaban J connectivity index is 2.39. The molecule has 0 saturated carbocycles. The van der Waals surface area contributed by atoms with Crippen molar-refractivity contribution in [1.29, 1.82) is 0 Å². The Labute approximate surface area is 89.2 Å². The van der Waals surface area contributed by atoms with Gasteiger partial charge in [0.2, 0.25) is 0 Å². The van der Waals surface area contributed by atoms with Crippen molar-refractivity contribution < 1.29 is 9.53 Å². The minimum atomic E-state index is -0.214. The number of hydrogen-bond acceptors (Lipinski definition) is 3. The molecule has 1 aliphatic rings. The number of esters is 1. The van der Waals surface area contributed by atoms with Crippen LogP contribution in [0.1, 0.15) is 36.2 Å². The largest absolute Gasteiger partial charge is 0.469 e. The van der Waals surface area contributed by atoms with E-state index in [4.69, 9.17) is 4.74 Å². The first kappa shape index (κ1) is 10.2. The molecule has 1 aromatic heterocycles. The summed E-state index contributed by atoms with van der Waals surface area (Å²) in [5.41, 5.74) is 3.44. The van der Waals surface area contributed by atoms with Crippen molar-refractivity contribution in [2.24, 2.45) is 7.05 Å². The average Bonchev–Trinajstić information content (AvgIpc) is 2.75. The van der Waals surface area contributed by atoms with Crippen LogP contribution in [0.15, 0.2) is 0 Å². The Morgan fingerprint density at radius 1 is 1.53 bits per heavy atom. The van der Waals surface area contributed by atoms with Crippen molar-refractivity contribution in [2.75, 3.05) is 7.11 Å². The molecule has 1 atom stereocenters. The van der Waals surface area contributed by atoms with E-state index >= 15 is 0 Å². The Morgan fingerprint density at radius 2 is 2.27 bits per heavy atom. The third kappa shape index (κ3) is 1.54. The van der Waals surface area contributed by atoms with E-state index in [9.17, 15) is 4.79 Å². The van der Waals surface area contributed by atoms with Gasteiger partial charge in [-0.1, -0.05) is 0 Å². The molecule has 1 heterocycles. The quantitative estimate of drug-likeness (QED) is 0.686. The molecule has 2 rings (SSSR count). The standard InChI is InChI=1S/C11H16N2O2/c1-7(11(14)15-3)10-8-5-4-6-9(8)12-13(10)2/h7H,4-6H2,1-3H3. The Hall–Kier alpha value is -1.32. The third-order valence-electron chi connectivity index (χ3n) is 3.08. The van der Waals surface area contributed by atoms with Crippen LogP contribution in [0.3, 0.4) is 0 Å². The number of methoxy groups -OCH3 is 1. The molecule has 0 radical (unpaired) electrons. The second-order valence-electron chi connectivity index (χ2n) is 4.03. The maximum absolute atomic E-state index is 11.5. The molecule has 0 N–H and O–H groups in total. The topological polar surface area (TPSA) is 44.1 Å². The molecule has 1 aliphatic carbocycles. The van der Waals surface area contributed by atoms with Crippen LogP contribution in [0.4, 0.5) is 0 Å². The minimum absolute atomic E-state index is 0.187. The summed E-state index contributed by atoms with van der Waals surface area (Å²) in [7, 11) is 3.32. The summed E-state index contributed by atoms with van der Waals surface area (Å²) in [6.45, 7) is 1.88. The molecule has 0 amide bonds. The second kappa shape index (κ2) is 3.68. The molecule has 1 unspecified atom stereocenters. The van der Waals surface area contributed by atoms with Crippen molar-refractivity contribution in [2.45, 2.75) is 32.1 Å². The highest BCUT2D eigenvalue weighted by Crippen LogP contribution is 2.29. The van der Waals surface area contributed by atoms with Crippen molar-refractivity contribution >= 4 is 5.97 Å².